The van der Waals surface area contributed by atoms with Crippen molar-refractivity contribution in [2.24, 2.45) is 5.14 Å². The monoisotopic (exact) mass is 509 g/mol. The number of imidazole rings is 1. The fourth-order valence-electron chi connectivity index (χ4n) is 3.08. The Hall–Kier alpha value is -2.44. The van der Waals surface area contributed by atoms with Crippen molar-refractivity contribution in [1.82, 2.24) is 19.5 Å². The number of nitrogens with zero attached hydrogens (tertiary/aromatic N) is 4. The fourth-order valence-corrected chi connectivity index (χ4v) is 3.79. The highest BCUT2D eigenvalue weighted by atomic mass is 79.9. The summed E-state index contributed by atoms with van der Waals surface area (Å²) in [6, 6.07) is 7.46. The minimum atomic E-state index is -4.23. The Morgan fingerprint density at radius 1 is 1.19 bits per heavy atom. The number of halogens is 1. The standard InChI is InChI=1S/C18H16BrN5O6S/c19-11-4-2-1-3-10(11)5-6-12-14-17(22-8-21-12)24(9-23-14)18-16(26)15(25)13(30-18)7-29-31(20,27)28/h1-4,8-9,13,15-16,18,25-26H,7H2,(H2,20,27,28)/t13-,15-,16-,18-/m1/s1. The van der Waals surface area contributed by atoms with Gasteiger partial charge in [0.15, 0.2) is 11.9 Å². The second-order valence-electron chi connectivity index (χ2n) is 6.60. The number of hydrogen-bond acceptors (Lipinski definition) is 9. The van der Waals surface area contributed by atoms with Gasteiger partial charge in [-0.2, -0.15) is 8.42 Å². The molecule has 0 unspecified atom stereocenters. The number of ether oxygens (including phenoxy) is 1. The molecule has 162 valence electrons. The molecule has 31 heavy (non-hydrogen) atoms. The van der Waals surface area contributed by atoms with Crippen LogP contribution in [0.25, 0.3) is 11.2 Å². The van der Waals surface area contributed by atoms with Crippen LogP contribution >= 0.6 is 15.9 Å². The first-order valence-corrected chi connectivity index (χ1v) is 11.1. The molecule has 13 heteroatoms. The molecule has 0 spiro atoms. The van der Waals surface area contributed by atoms with E-state index in [4.69, 9.17) is 9.88 Å². The van der Waals surface area contributed by atoms with Gasteiger partial charge in [0.25, 0.3) is 0 Å². The summed E-state index contributed by atoms with van der Waals surface area (Å²) in [6.45, 7) is -0.558. The lowest BCUT2D eigenvalue weighted by molar-refractivity contribution is -0.0467. The molecular formula is C18H16BrN5O6S. The maximum absolute atomic E-state index is 11.0. The molecule has 0 bridgehead atoms. The van der Waals surface area contributed by atoms with Gasteiger partial charge in [0.1, 0.15) is 35.8 Å². The summed E-state index contributed by atoms with van der Waals surface area (Å²) < 4.78 is 34.3. The third-order valence-corrected chi connectivity index (χ3v) is 5.71. The number of fused-ring (bicyclic) bond motifs is 1. The van der Waals surface area contributed by atoms with Crippen LogP contribution in [-0.2, 0) is 19.2 Å². The van der Waals surface area contributed by atoms with Crippen LogP contribution in [0.5, 0.6) is 0 Å². The van der Waals surface area contributed by atoms with E-state index in [1.807, 2.05) is 24.3 Å². The maximum atomic E-state index is 11.0. The largest absolute Gasteiger partial charge is 0.387 e. The fraction of sp³-hybridized carbons (Fsp3) is 0.278. The van der Waals surface area contributed by atoms with Gasteiger partial charge in [0.05, 0.1) is 12.9 Å². The van der Waals surface area contributed by atoms with Crippen molar-refractivity contribution in [3.63, 3.8) is 0 Å². The predicted octanol–water partition coefficient (Wildman–Crippen LogP) is -0.172. The SMILES string of the molecule is NS(=O)(=O)OC[C@H]1O[C@@H](n2cnc3c(C#Cc4ccccc4Br)ncnc32)[C@H](O)[C@@H]1O. The van der Waals surface area contributed by atoms with Crippen LogP contribution in [0.1, 0.15) is 17.5 Å². The van der Waals surface area contributed by atoms with Crippen molar-refractivity contribution >= 4 is 37.4 Å². The smallest absolute Gasteiger partial charge is 0.333 e. The molecule has 1 aliphatic rings. The van der Waals surface area contributed by atoms with E-state index in [9.17, 15) is 18.6 Å². The maximum Gasteiger partial charge on any atom is 0.333 e. The van der Waals surface area contributed by atoms with Crippen molar-refractivity contribution in [2.75, 3.05) is 6.61 Å². The van der Waals surface area contributed by atoms with Gasteiger partial charge in [0, 0.05) is 10.0 Å². The van der Waals surface area contributed by atoms with Crippen molar-refractivity contribution < 1.29 is 27.6 Å². The van der Waals surface area contributed by atoms with E-state index in [-0.39, 0.29) is 0 Å². The lowest BCUT2D eigenvalue weighted by atomic mass is 10.1. The van der Waals surface area contributed by atoms with Gasteiger partial charge in [-0.3, -0.25) is 8.75 Å². The second kappa shape index (κ2) is 8.60. The third kappa shape index (κ3) is 4.60. The predicted molar refractivity (Wildman–Crippen MR) is 110 cm³/mol. The Kier molecular flexibility index (Phi) is 6.04. The van der Waals surface area contributed by atoms with E-state index in [0.29, 0.717) is 16.9 Å². The van der Waals surface area contributed by atoms with Crippen LogP contribution in [0.2, 0.25) is 0 Å². The number of aliphatic hydroxyl groups excluding tert-OH is 2. The molecule has 1 aromatic carbocycles. The molecule has 0 amide bonds. The van der Waals surface area contributed by atoms with Gasteiger partial charge in [-0.1, -0.05) is 18.1 Å². The van der Waals surface area contributed by atoms with E-state index >= 15 is 0 Å². The van der Waals surface area contributed by atoms with Gasteiger partial charge in [0.2, 0.25) is 0 Å². The first-order chi connectivity index (χ1) is 14.7. The third-order valence-electron chi connectivity index (χ3n) is 4.56. The molecule has 1 saturated heterocycles. The first kappa shape index (κ1) is 21.8. The summed E-state index contributed by atoms with van der Waals surface area (Å²) in [7, 11) is -4.23. The highest BCUT2D eigenvalue weighted by Crippen LogP contribution is 2.32. The van der Waals surface area contributed by atoms with Crippen LogP contribution in [0.4, 0.5) is 0 Å². The molecule has 1 aliphatic heterocycles. The molecular weight excluding hydrogens is 494 g/mol. The molecule has 0 radical (unpaired) electrons. The molecule has 2 aromatic heterocycles. The van der Waals surface area contributed by atoms with Gasteiger partial charge >= 0.3 is 10.3 Å². The number of rotatable bonds is 4. The molecule has 4 rings (SSSR count). The number of benzene rings is 1. The lowest BCUT2D eigenvalue weighted by Gasteiger charge is -2.16. The van der Waals surface area contributed by atoms with Crippen LogP contribution in [0, 0.1) is 11.8 Å². The van der Waals surface area contributed by atoms with E-state index in [1.165, 1.54) is 17.2 Å². The summed E-state index contributed by atoms with van der Waals surface area (Å²) in [6.07, 6.45) is -2.37. The van der Waals surface area contributed by atoms with E-state index < -0.39 is 41.5 Å². The average molecular weight is 510 g/mol. The minimum Gasteiger partial charge on any atom is -0.387 e. The highest BCUT2D eigenvalue weighted by molar-refractivity contribution is 9.10. The lowest BCUT2D eigenvalue weighted by Crippen LogP contribution is -2.35. The van der Waals surface area contributed by atoms with Crippen molar-refractivity contribution in [2.45, 2.75) is 24.5 Å². The number of hydrogen-bond donors (Lipinski definition) is 3. The topological polar surface area (TPSA) is 163 Å². The van der Waals surface area contributed by atoms with E-state index in [1.54, 1.807) is 0 Å². The normalized spacial score (nSPS) is 23.6. The zero-order chi connectivity index (χ0) is 22.2. The van der Waals surface area contributed by atoms with Crippen molar-refractivity contribution in [3.8, 4) is 11.8 Å². The molecule has 3 heterocycles. The van der Waals surface area contributed by atoms with Gasteiger partial charge in [-0.25, -0.2) is 20.1 Å². The number of aromatic nitrogens is 4. The summed E-state index contributed by atoms with van der Waals surface area (Å²) in [5.41, 5.74) is 1.82. The van der Waals surface area contributed by atoms with Gasteiger partial charge in [-0.05, 0) is 34.0 Å². The van der Waals surface area contributed by atoms with E-state index in [0.717, 1.165) is 10.0 Å². The Morgan fingerprint density at radius 2 is 1.97 bits per heavy atom. The number of nitrogens with two attached hydrogens (primary N) is 1. The molecule has 4 atom stereocenters. The average Bonchev–Trinajstić information content (AvgIpc) is 3.27. The van der Waals surface area contributed by atoms with Crippen LogP contribution in [-0.4, -0.2) is 63.1 Å². The zero-order valence-corrected chi connectivity index (χ0v) is 18.1. The summed E-state index contributed by atoms with van der Waals surface area (Å²) in [5, 5.41) is 25.4. The van der Waals surface area contributed by atoms with E-state index in [2.05, 4.69) is 46.9 Å². The Morgan fingerprint density at radius 3 is 2.71 bits per heavy atom. The molecule has 3 aromatic rings. The second-order valence-corrected chi connectivity index (χ2v) is 8.68. The molecule has 1 fully saturated rings. The number of aliphatic hydroxyl groups is 2. The Labute approximate surface area is 185 Å². The quantitative estimate of drug-likeness (QED) is 0.405. The van der Waals surface area contributed by atoms with Crippen molar-refractivity contribution in [1.29, 1.82) is 0 Å². The molecule has 0 aliphatic carbocycles. The summed E-state index contributed by atoms with van der Waals surface area (Å²) >= 11 is 3.43. The Balaban J connectivity index is 1.63. The zero-order valence-electron chi connectivity index (χ0n) is 15.7. The Bertz CT molecular complexity index is 1290. The molecule has 0 saturated carbocycles. The van der Waals surface area contributed by atoms with Crippen LogP contribution < -0.4 is 5.14 Å². The highest BCUT2D eigenvalue weighted by Gasteiger charge is 2.44. The molecule has 4 N–H and O–H groups in total. The first-order valence-electron chi connectivity index (χ1n) is 8.87. The van der Waals surface area contributed by atoms with Gasteiger partial charge < -0.3 is 14.9 Å². The minimum absolute atomic E-state index is 0.315. The van der Waals surface area contributed by atoms with Crippen molar-refractivity contribution in [3.05, 3.63) is 52.7 Å². The van der Waals surface area contributed by atoms with Gasteiger partial charge in [-0.15, -0.1) is 0 Å². The summed E-state index contributed by atoms with van der Waals surface area (Å²) in [5.74, 6) is 5.97. The summed E-state index contributed by atoms with van der Waals surface area (Å²) in [4.78, 5) is 12.6. The molecule has 11 nitrogen and oxygen atoms in total. The van der Waals surface area contributed by atoms with Crippen LogP contribution in [0.3, 0.4) is 0 Å². The van der Waals surface area contributed by atoms with Crippen LogP contribution in [0.15, 0.2) is 41.4 Å².